The van der Waals surface area contributed by atoms with Gasteiger partial charge < -0.3 is 14.6 Å². The number of Topliss-reactive ketones (excluding diaryl/α,β-unsaturated/α-hetero) is 3. The van der Waals surface area contributed by atoms with Gasteiger partial charge in [0, 0.05) is 22.6 Å². The van der Waals surface area contributed by atoms with Crippen LogP contribution in [0.2, 0.25) is 0 Å². The summed E-state index contributed by atoms with van der Waals surface area (Å²) in [4.78, 5) is 40.7. The number of carbonyl (C=O) groups excluding carboxylic acids is 3. The molecule has 6 heteroatoms. The minimum Gasteiger partial charge on any atom is -0.507 e. The molecule has 2 atom stereocenters. The summed E-state index contributed by atoms with van der Waals surface area (Å²) in [5.41, 5.74) is 0.193. The van der Waals surface area contributed by atoms with Gasteiger partial charge in [0.2, 0.25) is 0 Å². The fourth-order valence-corrected chi connectivity index (χ4v) is 6.23. The maximum Gasteiger partial charge on any atom is 0.175 e. The van der Waals surface area contributed by atoms with Gasteiger partial charge in [-0.15, -0.1) is 0 Å². The van der Waals surface area contributed by atoms with Gasteiger partial charge in [0.25, 0.3) is 0 Å². The van der Waals surface area contributed by atoms with E-state index in [2.05, 4.69) is 0 Å². The molecule has 1 unspecified atom stereocenters. The van der Waals surface area contributed by atoms with Crippen molar-refractivity contribution in [3.63, 3.8) is 0 Å². The van der Waals surface area contributed by atoms with E-state index in [0.29, 0.717) is 40.4 Å². The lowest BCUT2D eigenvalue weighted by atomic mass is 9.59. The minimum absolute atomic E-state index is 0.0972. The molecule has 0 amide bonds. The number of ketones is 3. The van der Waals surface area contributed by atoms with Crippen LogP contribution in [0.4, 0.5) is 0 Å². The molecule has 1 aliphatic carbocycles. The molecule has 0 spiro atoms. The summed E-state index contributed by atoms with van der Waals surface area (Å²) in [6.07, 6.45) is 0.159. The molecule has 0 fully saturated rings. The Morgan fingerprint density at radius 2 is 1.65 bits per heavy atom. The van der Waals surface area contributed by atoms with Crippen molar-refractivity contribution in [2.75, 3.05) is 0 Å². The van der Waals surface area contributed by atoms with Crippen LogP contribution in [-0.2, 0) is 9.59 Å². The number of aromatic hydroxyl groups is 1. The largest absolute Gasteiger partial charge is 0.507 e. The number of hydrogen-bond acceptors (Lipinski definition) is 6. The van der Waals surface area contributed by atoms with Crippen molar-refractivity contribution in [2.24, 2.45) is 16.7 Å². The Hall–Kier alpha value is -3.41. The van der Waals surface area contributed by atoms with Gasteiger partial charge in [-0.05, 0) is 52.5 Å². The van der Waals surface area contributed by atoms with E-state index < -0.39 is 22.9 Å². The molecule has 0 saturated carbocycles. The van der Waals surface area contributed by atoms with Crippen molar-refractivity contribution in [2.45, 2.75) is 73.3 Å². The molecule has 0 aromatic heterocycles. The third-order valence-electron chi connectivity index (χ3n) is 8.09. The number of rotatable bonds is 3. The molecule has 2 aromatic carbocycles. The van der Waals surface area contributed by atoms with Gasteiger partial charge in [-0.1, -0.05) is 44.2 Å². The highest BCUT2D eigenvalue weighted by molar-refractivity contribution is 6.20. The molecule has 3 aliphatic rings. The van der Waals surface area contributed by atoms with E-state index in [9.17, 15) is 19.5 Å². The molecule has 2 aromatic rings. The Kier molecular flexibility index (Phi) is 5.67. The van der Waals surface area contributed by atoms with Crippen LogP contribution in [0.15, 0.2) is 41.7 Å². The molecular formula is C31H34O6. The van der Waals surface area contributed by atoms with E-state index in [4.69, 9.17) is 9.47 Å². The molecule has 1 N–H and O–H groups in total. The van der Waals surface area contributed by atoms with Crippen LogP contribution < -0.4 is 9.47 Å². The highest BCUT2D eigenvalue weighted by Crippen LogP contribution is 2.59. The van der Waals surface area contributed by atoms with Crippen molar-refractivity contribution in [1.29, 1.82) is 0 Å². The number of fused-ring (bicyclic) bond motifs is 2. The second-order valence-electron chi connectivity index (χ2n) is 12.0. The van der Waals surface area contributed by atoms with Crippen molar-refractivity contribution < 1.29 is 29.0 Å². The van der Waals surface area contributed by atoms with Crippen LogP contribution in [0.1, 0.15) is 93.5 Å². The minimum atomic E-state index is -1.22. The van der Waals surface area contributed by atoms with E-state index in [1.54, 1.807) is 34.6 Å². The van der Waals surface area contributed by atoms with E-state index in [1.165, 1.54) is 0 Å². The van der Waals surface area contributed by atoms with Crippen molar-refractivity contribution >= 4 is 17.3 Å². The molecule has 0 bridgehead atoms. The maximum absolute atomic E-state index is 13.8. The molecule has 6 nitrogen and oxygen atoms in total. The second-order valence-corrected chi connectivity index (χ2v) is 12.0. The summed E-state index contributed by atoms with van der Waals surface area (Å²) in [6, 6.07) is 9.51. The van der Waals surface area contributed by atoms with E-state index in [0.717, 1.165) is 5.56 Å². The van der Waals surface area contributed by atoms with Crippen LogP contribution in [0, 0.1) is 23.7 Å². The predicted molar refractivity (Wildman–Crippen MR) is 139 cm³/mol. The molecule has 0 radical (unpaired) electrons. The third-order valence-corrected chi connectivity index (χ3v) is 8.09. The molecule has 2 aliphatic heterocycles. The summed E-state index contributed by atoms with van der Waals surface area (Å²) in [5, 5.41) is 11.6. The number of benzene rings is 2. The first-order valence-electron chi connectivity index (χ1n) is 12.9. The molecular weight excluding hydrogens is 468 g/mol. The van der Waals surface area contributed by atoms with Gasteiger partial charge in [-0.2, -0.15) is 0 Å². The topological polar surface area (TPSA) is 89.9 Å². The summed E-state index contributed by atoms with van der Waals surface area (Å²) in [7, 11) is 0. The molecule has 0 saturated heterocycles. The first-order chi connectivity index (χ1) is 17.3. The van der Waals surface area contributed by atoms with Gasteiger partial charge in [0.15, 0.2) is 17.3 Å². The number of ether oxygens (including phenoxy) is 2. The Morgan fingerprint density at radius 1 is 1.00 bits per heavy atom. The zero-order valence-corrected chi connectivity index (χ0v) is 22.5. The number of phenols is 1. The normalized spacial score (nSPS) is 23.7. The number of carbonyl (C=O) groups is 3. The molecule has 194 valence electrons. The number of allylic oxidation sites excluding steroid dienone is 2. The van der Waals surface area contributed by atoms with Gasteiger partial charge in [0.05, 0.1) is 17.3 Å². The van der Waals surface area contributed by atoms with Crippen LogP contribution in [0.5, 0.6) is 17.2 Å². The lowest BCUT2D eigenvalue weighted by molar-refractivity contribution is -0.144. The lowest BCUT2D eigenvalue weighted by Gasteiger charge is -2.45. The van der Waals surface area contributed by atoms with Crippen molar-refractivity contribution in [3.8, 4) is 17.2 Å². The zero-order chi connectivity index (χ0) is 27.0. The monoisotopic (exact) mass is 502 g/mol. The first-order valence-corrected chi connectivity index (χ1v) is 12.9. The fraction of sp³-hybridized carbons (Fsp3) is 0.452. The van der Waals surface area contributed by atoms with Crippen molar-refractivity contribution in [3.05, 3.63) is 63.9 Å². The number of hydrogen-bond donors (Lipinski definition) is 1. The van der Waals surface area contributed by atoms with Crippen LogP contribution in [-0.4, -0.2) is 22.5 Å². The Bertz CT molecular complexity index is 1380. The zero-order valence-electron chi connectivity index (χ0n) is 22.5. The average molecular weight is 503 g/mol. The van der Waals surface area contributed by atoms with E-state index >= 15 is 0 Å². The summed E-state index contributed by atoms with van der Waals surface area (Å²) in [6.45, 7) is 12.8. The smallest absolute Gasteiger partial charge is 0.175 e. The van der Waals surface area contributed by atoms with Gasteiger partial charge in [-0.25, -0.2) is 0 Å². The van der Waals surface area contributed by atoms with Gasteiger partial charge >= 0.3 is 0 Å². The molecule has 5 rings (SSSR count). The Labute approximate surface area is 217 Å². The van der Waals surface area contributed by atoms with Gasteiger partial charge in [0.1, 0.15) is 34.7 Å². The van der Waals surface area contributed by atoms with E-state index in [1.807, 2.05) is 44.2 Å². The van der Waals surface area contributed by atoms with Crippen LogP contribution in [0.3, 0.4) is 0 Å². The average Bonchev–Trinajstić information content (AvgIpc) is 2.84. The summed E-state index contributed by atoms with van der Waals surface area (Å²) >= 11 is 0. The summed E-state index contributed by atoms with van der Waals surface area (Å²) in [5.74, 6) is -0.236. The van der Waals surface area contributed by atoms with Crippen molar-refractivity contribution in [1.82, 2.24) is 0 Å². The maximum atomic E-state index is 13.8. The van der Waals surface area contributed by atoms with Gasteiger partial charge in [-0.3, -0.25) is 14.4 Å². The lowest BCUT2D eigenvalue weighted by Crippen LogP contribution is -2.51. The molecule has 2 heterocycles. The summed E-state index contributed by atoms with van der Waals surface area (Å²) < 4.78 is 12.8. The highest BCUT2D eigenvalue weighted by Gasteiger charge is 2.57. The quantitative estimate of drug-likeness (QED) is 0.489. The molecule has 37 heavy (non-hydrogen) atoms. The van der Waals surface area contributed by atoms with Crippen LogP contribution >= 0.6 is 0 Å². The number of phenolic OH excluding ortho intramolecular Hbond substituents is 1. The second kappa shape index (κ2) is 8.30. The SMILES string of the molecule is Cc1c2c(c(O)c3c1OC1=C(C(=O)C(C)(C)C(=O)C1(C)C)C3CC(C)C)C(=O)C[C@@H](c1ccccc1)O2. The predicted octanol–water partition coefficient (Wildman–Crippen LogP) is 6.39. The third kappa shape index (κ3) is 3.56. The first kappa shape index (κ1) is 25.2. The van der Waals surface area contributed by atoms with E-state index in [-0.39, 0.29) is 41.0 Å². The Balaban J connectivity index is 1.75. The standard InChI is InChI=1S/C31H34O6/c1-15(2)13-18-21-24(33)23-19(32)14-20(17-11-9-8-10-12-17)36-26(23)16(3)25(21)37-28-22(18)27(34)30(4,5)29(35)31(28,6)7/h8-12,15,18,20,33H,13-14H2,1-7H3/t18?,20-/m0/s1. The highest BCUT2D eigenvalue weighted by atomic mass is 16.5. The van der Waals surface area contributed by atoms with Crippen LogP contribution in [0.25, 0.3) is 0 Å². The Morgan fingerprint density at radius 3 is 2.27 bits per heavy atom. The fourth-order valence-electron chi connectivity index (χ4n) is 6.23.